The zero-order valence-corrected chi connectivity index (χ0v) is 6.93. The van der Waals surface area contributed by atoms with Crippen molar-refractivity contribution < 1.29 is 0 Å². The molecule has 0 amide bonds. The van der Waals surface area contributed by atoms with Crippen molar-refractivity contribution in [2.24, 2.45) is 0 Å². The molecule has 0 aliphatic carbocycles. The molecule has 0 fully saturated rings. The summed E-state index contributed by atoms with van der Waals surface area (Å²) in [6, 6.07) is 0. The number of rotatable bonds is 4. The number of allylic oxidation sites excluding steroid dienone is 3. The van der Waals surface area contributed by atoms with Crippen LogP contribution in [0, 0.1) is 0 Å². The summed E-state index contributed by atoms with van der Waals surface area (Å²) in [6.07, 6.45) is 11.7. The molecule has 0 aromatic carbocycles. The normalized spacial score (nSPS) is 9.40. The van der Waals surface area contributed by atoms with Gasteiger partial charge in [0.2, 0.25) is 0 Å². The summed E-state index contributed by atoms with van der Waals surface area (Å²) in [7, 11) is 0. The first-order valence-electron chi connectivity index (χ1n) is 3.94. The van der Waals surface area contributed by atoms with E-state index in [0.29, 0.717) is 0 Å². The highest BCUT2D eigenvalue weighted by Gasteiger charge is 1.73. The van der Waals surface area contributed by atoms with E-state index in [-0.39, 0.29) is 0 Å². The van der Waals surface area contributed by atoms with E-state index in [2.05, 4.69) is 18.7 Å². The van der Waals surface area contributed by atoms with E-state index < -0.39 is 0 Å². The average molecular weight is 136 g/mol. The van der Waals surface area contributed by atoms with Gasteiger partial charge < -0.3 is 0 Å². The smallest absolute Gasteiger partial charge is 0.0206 e. The van der Waals surface area contributed by atoms with Crippen molar-refractivity contribution >= 4 is 0 Å². The van der Waals surface area contributed by atoms with Gasteiger partial charge in [-0.15, -0.1) is 5.73 Å². The number of hydrogen-bond donors (Lipinski definition) is 0. The predicted octanol–water partition coefficient (Wildman–Crippen LogP) is 3.46. The molecule has 10 heavy (non-hydrogen) atoms. The second-order valence-electron chi connectivity index (χ2n) is 2.21. The molecule has 0 unspecified atom stereocenters. The maximum Gasteiger partial charge on any atom is -0.0206 e. The van der Waals surface area contributed by atoms with Gasteiger partial charge in [-0.2, -0.15) is 0 Å². The van der Waals surface area contributed by atoms with Gasteiger partial charge in [-0.05, 0) is 31.9 Å². The molecule has 0 nitrogen and oxygen atoms in total. The Morgan fingerprint density at radius 3 is 2.80 bits per heavy atom. The van der Waals surface area contributed by atoms with Crippen LogP contribution in [0.2, 0.25) is 0 Å². The maximum atomic E-state index is 3.08. The molecule has 0 atom stereocenters. The molecule has 0 aromatic heterocycles. The van der Waals surface area contributed by atoms with E-state index in [9.17, 15) is 0 Å². The Morgan fingerprint density at radius 1 is 1.40 bits per heavy atom. The van der Waals surface area contributed by atoms with Gasteiger partial charge in [-0.25, -0.2) is 0 Å². The first-order chi connectivity index (χ1) is 4.91. The fraction of sp³-hybridized carbons (Fsp3) is 0.500. The van der Waals surface area contributed by atoms with Gasteiger partial charge in [0.1, 0.15) is 0 Å². The van der Waals surface area contributed by atoms with Crippen molar-refractivity contribution in [3.8, 4) is 0 Å². The van der Waals surface area contributed by atoms with E-state index in [1.54, 1.807) is 0 Å². The third kappa shape index (κ3) is 7.26. The lowest BCUT2D eigenvalue weighted by molar-refractivity contribution is 0.815. The molecule has 0 bridgehead atoms. The molecule has 0 N–H and O–H groups in total. The fourth-order valence-electron chi connectivity index (χ4n) is 0.609. The summed E-state index contributed by atoms with van der Waals surface area (Å²) < 4.78 is 0. The van der Waals surface area contributed by atoms with Crippen molar-refractivity contribution in [1.82, 2.24) is 0 Å². The molecule has 0 saturated heterocycles. The summed E-state index contributed by atoms with van der Waals surface area (Å²) in [6.45, 7) is 4.20. The third-order valence-electron chi connectivity index (χ3n) is 1.20. The minimum absolute atomic E-state index is 1.16. The van der Waals surface area contributed by atoms with Gasteiger partial charge in [0.25, 0.3) is 0 Å². The summed E-state index contributed by atoms with van der Waals surface area (Å²) in [5, 5.41) is 0. The quantitative estimate of drug-likeness (QED) is 0.315. The van der Waals surface area contributed by atoms with E-state index >= 15 is 0 Å². The van der Waals surface area contributed by atoms with E-state index in [1.807, 2.05) is 25.2 Å². The second-order valence-corrected chi connectivity index (χ2v) is 2.21. The fourth-order valence-corrected chi connectivity index (χ4v) is 0.609. The highest BCUT2D eigenvalue weighted by molar-refractivity contribution is 5.00. The highest BCUT2D eigenvalue weighted by atomic mass is 13.8. The number of unbranched alkanes of at least 4 members (excludes halogenated alkanes) is 2. The van der Waals surface area contributed by atoms with Gasteiger partial charge in [0, 0.05) is 0 Å². The van der Waals surface area contributed by atoms with Crippen LogP contribution in [0.25, 0.3) is 0 Å². The average Bonchev–Trinajstić information content (AvgIpc) is 1.97. The Kier molecular flexibility index (Phi) is 7.65. The van der Waals surface area contributed by atoms with Crippen LogP contribution in [0.15, 0.2) is 30.0 Å². The Balaban J connectivity index is 3.34. The molecule has 0 heteroatoms. The Labute approximate surface area is 64.0 Å². The molecule has 0 aliphatic rings. The summed E-state index contributed by atoms with van der Waals surface area (Å²) in [5.74, 6) is 0. The minimum Gasteiger partial charge on any atom is -0.125 e. The van der Waals surface area contributed by atoms with Gasteiger partial charge in [-0.1, -0.05) is 25.5 Å². The molecule has 0 heterocycles. The summed E-state index contributed by atoms with van der Waals surface area (Å²) in [5.41, 5.74) is 3.08. The van der Waals surface area contributed by atoms with Crippen LogP contribution in [-0.2, 0) is 0 Å². The molecule has 0 saturated carbocycles. The van der Waals surface area contributed by atoms with Gasteiger partial charge in [-0.3, -0.25) is 0 Å². The van der Waals surface area contributed by atoms with Gasteiger partial charge >= 0.3 is 0 Å². The van der Waals surface area contributed by atoms with Crippen LogP contribution >= 0.6 is 0 Å². The Hall–Kier alpha value is -0.740. The van der Waals surface area contributed by atoms with Crippen molar-refractivity contribution in [3.63, 3.8) is 0 Å². The maximum absolute atomic E-state index is 3.08. The third-order valence-corrected chi connectivity index (χ3v) is 1.20. The van der Waals surface area contributed by atoms with Crippen LogP contribution in [0.1, 0.15) is 33.1 Å². The minimum atomic E-state index is 1.16. The lowest BCUT2D eigenvalue weighted by Crippen LogP contribution is -1.63. The molecule has 0 spiro atoms. The topological polar surface area (TPSA) is 0 Å². The van der Waals surface area contributed by atoms with E-state index in [0.717, 1.165) is 6.42 Å². The monoisotopic (exact) mass is 136 g/mol. The SMILES string of the molecule is C/C=C/C=C=CCCCC. The summed E-state index contributed by atoms with van der Waals surface area (Å²) in [4.78, 5) is 0. The molecule has 0 rings (SSSR count). The first-order valence-corrected chi connectivity index (χ1v) is 3.94. The predicted molar refractivity (Wildman–Crippen MR) is 47.0 cm³/mol. The van der Waals surface area contributed by atoms with E-state index in [1.165, 1.54) is 12.8 Å². The Morgan fingerprint density at radius 2 is 2.20 bits per heavy atom. The lowest BCUT2D eigenvalue weighted by Gasteiger charge is -1.82. The van der Waals surface area contributed by atoms with Crippen LogP contribution in [0.4, 0.5) is 0 Å². The summed E-state index contributed by atoms with van der Waals surface area (Å²) >= 11 is 0. The zero-order valence-electron chi connectivity index (χ0n) is 6.93. The van der Waals surface area contributed by atoms with Crippen molar-refractivity contribution in [3.05, 3.63) is 30.0 Å². The molecule has 0 radical (unpaired) electrons. The molecule has 0 aliphatic heterocycles. The lowest BCUT2D eigenvalue weighted by atomic mass is 10.2. The van der Waals surface area contributed by atoms with Gasteiger partial charge in [0.05, 0.1) is 0 Å². The molecular weight excluding hydrogens is 120 g/mol. The van der Waals surface area contributed by atoms with Crippen LogP contribution in [0.3, 0.4) is 0 Å². The Bertz CT molecular complexity index is 134. The van der Waals surface area contributed by atoms with Crippen LogP contribution in [0.5, 0.6) is 0 Å². The second kappa shape index (κ2) is 8.26. The van der Waals surface area contributed by atoms with Crippen molar-refractivity contribution in [2.45, 2.75) is 33.1 Å². The number of hydrogen-bond acceptors (Lipinski definition) is 0. The van der Waals surface area contributed by atoms with E-state index in [4.69, 9.17) is 0 Å². The highest BCUT2D eigenvalue weighted by Crippen LogP contribution is 1.93. The van der Waals surface area contributed by atoms with Crippen molar-refractivity contribution in [2.75, 3.05) is 0 Å². The van der Waals surface area contributed by atoms with Gasteiger partial charge in [0.15, 0.2) is 0 Å². The van der Waals surface area contributed by atoms with Crippen LogP contribution < -0.4 is 0 Å². The standard InChI is InChI=1S/C10H16/c1-3-5-7-9-10-8-6-4-2/h3,5,7,10H,4,6,8H2,1-2H3/b5-3+. The molecule has 56 valence electrons. The molecular formula is C10H16. The zero-order chi connectivity index (χ0) is 7.66. The van der Waals surface area contributed by atoms with Crippen LogP contribution in [-0.4, -0.2) is 0 Å². The van der Waals surface area contributed by atoms with Crippen molar-refractivity contribution in [1.29, 1.82) is 0 Å². The molecule has 0 aromatic rings. The first kappa shape index (κ1) is 9.26. The largest absolute Gasteiger partial charge is 0.125 e.